The summed E-state index contributed by atoms with van der Waals surface area (Å²) in [7, 11) is 1.63. The number of aliphatic hydroxyl groups is 1. The van der Waals surface area contributed by atoms with Crippen molar-refractivity contribution in [2.24, 2.45) is 0 Å². The highest BCUT2D eigenvalue weighted by molar-refractivity contribution is 5.53. The molecule has 1 fully saturated rings. The van der Waals surface area contributed by atoms with Crippen LogP contribution in [0, 0.1) is 6.92 Å². The molecule has 1 aromatic heterocycles. The number of benzene rings is 3. The van der Waals surface area contributed by atoms with Gasteiger partial charge in [0.1, 0.15) is 5.75 Å². The van der Waals surface area contributed by atoms with Crippen LogP contribution >= 0.6 is 0 Å². The fourth-order valence-electron chi connectivity index (χ4n) is 6.13. The van der Waals surface area contributed by atoms with E-state index in [9.17, 15) is 14.7 Å². The number of hydrogen-bond donors (Lipinski definition) is 3. The second kappa shape index (κ2) is 12.9. The molecule has 42 heavy (non-hydrogen) atoms. The SMILES string of the molecule is CCCCNC1C[C@@H](C(O)C(c2ccccc2)(c2ccccc2)c2ccc(OC)cc2)O[C@H]1n1cc(C)c(=O)[nH]c1=O. The quantitative estimate of drug-likeness (QED) is 0.184. The zero-order valence-corrected chi connectivity index (χ0v) is 24.3. The maximum absolute atomic E-state index is 13.0. The van der Waals surface area contributed by atoms with E-state index < -0.39 is 35.1 Å². The van der Waals surface area contributed by atoms with Gasteiger partial charge in [0.05, 0.1) is 30.8 Å². The van der Waals surface area contributed by atoms with Crippen LogP contribution in [0.5, 0.6) is 5.75 Å². The summed E-state index contributed by atoms with van der Waals surface area (Å²) in [5.74, 6) is 0.716. The zero-order valence-electron chi connectivity index (χ0n) is 24.3. The summed E-state index contributed by atoms with van der Waals surface area (Å²) in [6.45, 7) is 4.52. The first-order valence-corrected chi connectivity index (χ1v) is 14.5. The van der Waals surface area contributed by atoms with Crippen LogP contribution in [-0.2, 0) is 10.2 Å². The first kappa shape index (κ1) is 29.5. The van der Waals surface area contributed by atoms with Crippen molar-refractivity contribution in [1.29, 1.82) is 0 Å². The highest BCUT2D eigenvalue weighted by Crippen LogP contribution is 2.46. The fraction of sp³-hybridized carbons (Fsp3) is 0.353. The number of aryl methyl sites for hydroxylation is 1. The molecule has 4 atom stereocenters. The molecule has 4 aromatic rings. The number of aromatic nitrogens is 2. The van der Waals surface area contributed by atoms with Gasteiger partial charge in [-0.15, -0.1) is 0 Å². The average molecular weight is 570 g/mol. The Balaban J connectivity index is 1.65. The van der Waals surface area contributed by atoms with Gasteiger partial charge < -0.3 is 19.9 Å². The Morgan fingerprint density at radius 2 is 1.60 bits per heavy atom. The monoisotopic (exact) mass is 569 g/mol. The molecule has 220 valence electrons. The molecule has 3 N–H and O–H groups in total. The van der Waals surface area contributed by atoms with Crippen molar-refractivity contribution in [1.82, 2.24) is 14.9 Å². The van der Waals surface area contributed by atoms with Crippen molar-refractivity contribution in [2.45, 2.75) is 63.0 Å². The molecular formula is C34H39N3O5. The number of hydrogen-bond acceptors (Lipinski definition) is 6. The number of H-pyrrole nitrogens is 1. The summed E-state index contributed by atoms with van der Waals surface area (Å²) >= 11 is 0. The predicted octanol–water partition coefficient (Wildman–Crippen LogP) is 4.29. The van der Waals surface area contributed by atoms with Crippen LogP contribution in [0.1, 0.15) is 54.7 Å². The average Bonchev–Trinajstić information content (AvgIpc) is 3.44. The number of nitrogens with one attached hydrogen (secondary N) is 2. The number of nitrogens with zero attached hydrogens (tertiary/aromatic N) is 1. The third-order valence-electron chi connectivity index (χ3n) is 8.30. The maximum atomic E-state index is 13.0. The third-order valence-corrected chi connectivity index (χ3v) is 8.30. The molecule has 0 saturated carbocycles. The lowest BCUT2D eigenvalue weighted by Crippen LogP contribution is -2.48. The van der Waals surface area contributed by atoms with E-state index in [1.807, 2.05) is 84.9 Å². The molecule has 5 rings (SSSR count). The van der Waals surface area contributed by atoms with Gasteiger partial charge in [-0.25, -0.2) is 4.79 Å². The molecule has 1 saturated heterocycles. The minimum atomic E-state index is -1.05. The smallest absolute Gasteiger partial charge is 0.330 e. The molecule has 0 amide bonds. The number of unbranched alkanes of at least 4 members (excludes halogenated alkanes) is 1. The van der Waals surface area contributed by atoms with Gasteiger partial charge in [-0.1, -0.05) is 86.1 Å². The molecule has 2 heterocycles. The molecular weight excluding hydrogens is 530 g/mol. The Kier molecular flexibility index (Phi) is 9.06. The molecule has 0 aliphatic carbocycles. The maximum Gasteiger partial charge on any atom is 0.330 e. The summed E-state index contributed by atoms with van der Waals surface area (Å²) < 4.78 is 13.5. The summed E-state index contributed by atoms with van der Waals surface area (Å²) in [4.78, 5) is 27.5. The molecule has 1 aliphatic rings. The first-order chi connectivity index (χ1) is 20.4. The van der Waals surface area contributed by atoms with E-state index >= 15 is 0 Å². The third kappa shape index (κ3) is 5.57. The number of rotatable bonds is 11. The van der Waals surface area contributed by atoms with Crippen molar-refractivity contribution < 1.29 is 14.6 Å². The van der Waals surface area contributed by atoms with E-state index in [-0.39, 0.29) is 6.04 Å². The summed E-state index contributed by atoms with van der Waals surface area (Å²) in [5.41, 5.74) is 1.15. The normalized spacial score (nSPS) is 19.5. The van der Waals surface area contributed by atoms with Gasteiger partial charge in [-0.3, -0.25) is 14.3 Å². The Morgan fingerprint density at radius 1 is 1.00 bits per heavy atom. The topological polar surface area (TPSA) is 106 Å². The van der Waals surface area contributed by atoms with Crippen LogP contribution in [0.25, 0.3) is 0 Å². The Hall–Kier alpha value is -3.98. The lowest BCUT2D eigenvalue weighted by molar-refractivity contribution is -0.0784. The molecule has 8 heteroatoms. The number of methoxy groups -OCH3 is 1. The Labute approximate surface area is 246 Å². The number of ether oxygens (including phenoxy) is 2. The zero-order chi connectivity index (χ0) is 29.7. The van der Waals surface area contributed by atoms with E-state index in [1.165, 1.54) is 4.57 Å². The van der Waals surface area contributed by atoms with E-state index in [2.05, 4.69) is 17.2 Å². The summed E-state index contributed by atoms with van der Waals surface area (Å²) in [6.07, 6.45) is 1.55. The lowest BCUT2D eigenvalue weighted by atomic mass is 9.64. The summed E-state index contributed by atoms with van der Waals surface area (Å²) in [5, 5.41) is 16.2. The molecule has 2 unspecified atom stereocenters. The minimum absolute atomic E-state index is 0.265. The highest BCUT2D eigenvalue weighted by Gasteiger charge is 2.51. The molecule has 8 nitrogen and oxygen atoms in total. The number of aromatic amines is 1. The van der Waals surface area contributed by atoms with Crippen LogP contribution in [0.4, 0.5) is 0 Å². The van der Waals surface area contributed by atoms with Crippen molar-refractivity contribution >= 4 is 0 Å². The molecule has 3 aromatic carbocycles. The van der Waals surface area contributed by atoms with Crippen LogP contribution in [0.2, 0.25) is 0 Å². The Morgan fingerprint density at radius 3 is 2.17 bits per heavy atom. The van der Waals surface area contributed by atoms with Crippen LogP contribution in [0.3, 0.4) is 0 Å². The molecule has 1 aliphatic heterocycles. The molecule has 0 bridgehead atoms. The van der Waals surface area contributed by atoms with Crippen molar-refractivity contribution in [3.63, 3.8) is 0 Å². The fourth-order valence-corrected chi connectivity index (χ4v) is 6.13. The van der Waals surface area contributed by atoms with Crippen LogP contribution in [0.15, 0.2) is 101 Å². The standard InChI is InChI=1S/C34H39N3O5/c1-4-5-20-35-28-21-29(42-32(28)37-22-23(2)31(39)36-33(37)40)30(38)34(24-12-8-6-9-13-24,25-14-10-7-11-15-25)26-16-18-27(41-3)19-17-26/h6-19,22,28-30,32,35,38H,4-5,20-21H2,1-3H3,(H,36,39,40)/t28?,29-,30?,32+/m0/s1. The van der Waals surface area contributed by atoms with E-state index in [1.54, 1.807) is 20.2 Å². The second-order valence-electron chi connectivity index (χ2n) is 10.9. The van der Waals surface area contributed by atoms with Gasteiger partial charge >= 0.3 is 5.69 Å². The number of aliphatic hydroxyl groups excluding tert-OH is 1. The van der Waals surface area contributed by atoms with E-state index in [0.717, 1.165) is 36.1 Å². The minimum Gasteiger partial charge on any atom is -0.497 e. The Bertz CT molecular complexity index is 1530. The molecule has 0 spiro atoms. The van der Waals surface area contributed by atoms with Gasteiger partial charge in [0.15, 0.2) is 6.23 Å². The van der Waals surface area contributed by atoms with Crippen molar-refractivity contribution in [3.8, 4) is 5.75 Å². The largest absolute Gasteiger partial charge is 0.497 e. The predicted molar refractivity (Wildman–Crippen MR) is 163 cm³/mol. The molecule has 0 radical (unpaired) electrons. The first-order valence-electron chi connectivity index (χ1n) is 14.5. The van der Waals surface area contributed by atoms with Crippen LogP contribution < -0.4 is 21.3 Å². The van der Waals surface area contributed by atoms with Crippen molar-refractivity contribution in [2.75, 3.05) is 13.7 Å². The van der Waals surface area contributed by atoms with E-state index in [0.29, 0.717) is 17.7 Å². The van der Waals surface area contributed by atoms with E-state index in [4.69, 9.17) is 9.47 Å². The van der Waals surface area contributed by atoms with Gasteiger partial charge in [-0.2, -0.15) is 0 Å². The van der Waals surface area contributed by atoms with Gasteiger partial charge in [0.2, 0.25) is 0 Å². The van der Waals surface area contributed by atoms with Gasteiger partial charge in [0.25, 0.3) is 5.56 Å². The van der Waals surface area contributed by atoms with Crippen molar-refractivity contribution in [3.05, 3.63) is 134 Å². The highest BCUT2D eigenvalue weighted by atomic mass is 16.5. The van der Waals surface area contributed by atoms with Gasteiger partial charge in [0, 0.05) is 11.8 Å². The summed E-state index contributed by atoms with van der Waals surface area (Å²) in [6, 6.07) is 27.4. The van der Waals surface area contributed by atoms with Gasteiger partial charge in [-0.05, 0) is 55.1 Å². The van der Waals surface area contributed by atoms with Crippen LogP contribution in [-0.4, -0.2) is 46.6 Å². The lowest BCUT2D eigenvalue weighted by Gasteiger charge is -2.42. The second-order valence-corrected chi connectivity index (χ2v) is 10.9.